The third kappa shape index (κ3) is 4.49. The molecule has 6 heteroatoms. The Kier molecular flexibility index (Phi) is 5.78. The first-order valence-corrected chi connectivity index (χ1v) is 7.77. The van der Waals surface area contributed by atoms with Gasteiger partial charge in [-0.1, -0.05) is 19.1 Å². The number of ether oxygens (including phenoxy) is 1. The van der Waals surface area contributed by atoms with E-state index in [1.54, 1.807) is 31.4 Å². The molecule has 19 heavy (non-hydrogen) atoms. The van der Waals surface area contributed by atoms with Crippen molar-refractivity contribution in [3.8, 4) is 5.75 Å². The molecule has 0 radical (unpaired) electrons. The van der Waals surface area contributed by atoms with Gasteiger partial charge in [0.2, 0.25) is 10.0 Å². The summed E-state index contributed by atoms with van der Waals surface area (Å²) >= 11 is 0. The van der Waals surface area contributed by atoms with Gasteiger partial charge in [0.15, 0.2) is 0 Å². The number of rotatable bonds is 7. The highest BCUT2D eigenvalue weighted by molar-refractivity contribution is 7.89. The molecule has 1 unspecified atom stereocenters. The molecule has 1 aromatic carbocycles. The van der Waals surface area contributed by atoms with Gasteiger partial charge in [-0.15, -0.1) is 0 Å². The van der Waals surface area contributed by atoms with E-state index in [-0.39, 0.29) is 12.3 Å². The van der Waals surface area contributed by atoms with Crippen molar-refractivity contribution in [3.63, 3.8) is 0 Å². The van der Waals surface area contributed by atoms with Gasteiger partial charge in [0.25, 0.3) is 0 Å². The Hall–Kier alpha value is -1.11. The molecule has 0 aromatic heterocycles. The molecule has 0 spiro atoms. The van der Waals surface area contributed by atoms with Crippen LogP contribution in [-0.4, -0.2) is 44.3 Å². The fourth-order valence-electron chi connectivity index (χ4n) is 1.70. The summed E-state index contributed by atoms with van der Waals surface area (Å²) in [5, 5.41) is 10.0. The van der Waals surface area contributed by atoms with Gasteiger partial charge in [-0.25, -0.2) is 12.7 Å². The molecule has 0 aliphatic rings. The van der Waals surface area contributed by atoms with E-state index in [2.05, 4.69) is 0 Å². The standard InChI is InChI=1S/C13H21NO4S/c1-4-9-19(16,17)14(2)10-13(15)11-5-7-12(18-3)8-6-11/h5-8,13,15H,4,9-10H2,1-3H3. The Morgan fingerprint density at radius 2 is 1.89 bits per heavy atom. The van der Waals surface area contributed by atoms with Crippen molar-refractivity contribution in [2.45, 2.75) is 19.4 Å². The van der Waals surface area contributed by atoms with Crippen LogP contribution >= 0.6 is 0 Å². The zero-order chi connectivity index (χ0) is 14.5. The zero-order valence-corrected chi connectivity index (χ0v) is 12.4. The predicted octanol–water partition coefficient (Wildman–Crippen LogP) is 1.40. The molecule has 108 valence electrons. The van der Waals surface area contributed by atoms with E-state index in [0.717, 1.165) is 0 Å². The third-order valence-electron chi connectivity index (χ3n) is 2.87. The first kappa shape index (κ1) is 15.9. The van der Waals surface area contributed by atoms with Gasteiger partial charge in [0, 0.05) is 13.6 Å². The Balaban J connectivity index is 2.70. The predicted molar refractivity (Wildman–Crippen MR) is 74.7 cm³/mol. The molecule has 0 heterocycles. The van der Waals surface area contributed by atoms with Crippen molar-refractivity contribution in [2.24, 2.45) is 0 Å². The van der Waals surface area contributed by atoms with Crippen LogP contribution in [0.3, 0.4) is 0 Å². The van der Waals surface area contributed by atoms with Crippen LogP contribution in [0.15, 0.2) is 24.3 Å². The lowest BCUT2D eigenvalue weighted by Crippen LogP contribution is -2.32. The van der Waals surface area contributed by atoms with Crippen molar-refractivity contribution < 1.29 is 18.3 Å². The average Bonchev–Trinajstić information content (AvgIpc) is 2.38. The second-order valence-electron chi connectivity index (χ2n) is 4.39. The molecule has 0 amide bonds. The minimum atomic E-state index is -3.28. The number of nitrogens with zero attached hydrogens (tertiary/aromatic N) is 1. The Morgan fingerprint density at radius 1 is 1.32 bits per heavy atom. The highest BCUT2D eigenvalue weighted by atomic mass is 32.2. The minimum absolute atomic E-state index is 0.0503. The fraction of sp³-hybridized carbons (Fsp3) is 0.538. The average molecular weight is 287 g/mol. The molecule has 0 bridgehead atoms. The second kappa shape index (κ2) is 6.88. The number of aliphatic hydroxyl groups is 1. The normalized spacial score (nSPS) is 13.5. The highest BCUT2D eigenvalue weighted by Crippen LogP contribution is 2.19. The molecule has 1 rings (SSSR count). The van der Waals surface area contributed by atoms with E-state index < -0.39 is 16.1 Å². The molecule has 1 atom stereocenters. The molecule has 1 N–H and O–H groups in total. The van der Waals surface area contributed by atoms with Crippen molar-refractivity contribution in [1.82, 2.24) is 4.31 Å². The van der Waals surface area contributed by atoms with Crippen LogP contribution in [-0.2, 0) is 10.0 Å². The van der Waals surface area contributed by atoms with Gasteiger partial charge in [-0.3, -0.25) is 0 Å². The van der Waals surface area contributed by atoms with Crippen LogP contribution in [0.4, 0.5) is 0 Å². The summed E-state index contributed by atoms with van der Waals surface area (Å²) in [6.07, 6.45) is -0.284. The van der Waals surface area contributed by atoms with E-state index in [0.29, 0.717) is 17.7 Å². The van der Waals surface area contributed by atoms with E-state index >= 15 is 0 Å². The monoisotopic (exact) mass is 287 g/mol. The summed E-state index contributed by atoms with van der Waals surface area (Å²) < 4.78 is 29.8. The summed E-state index contributed by atoms with van der Waals surface area (Å²) in [5.74, 6) is 0.793. The number of hydrogen-bond acceptors (Lipinski definition) is 4. The van der Waals surface area contributed by atoms with Gasteiger partial charge >= 0.3 is 0 Å². The topological polar surface area (TPSA) is 66.8 Å². The van der Waals surface area contributed by atoms with Gasteiger partial charge in [-0.2, -0.15) is 0 Å². The van der Waals surface area contributed by atoms with Crippen molar-refractivity contribution in [1.29, 1.82) is 0 Å². The molecule has 0 aliphatic heterocycles. The van der Waals surface area contributed by atoms with Crippen LogP contribution in [0.25, 0.3) is 0 Å². The lowest BCUT2D eigenvalue weighted by Gasteiger charge is -2.20. The van der Waals surface area contributed by atoms with Gasteiger partial charge in [-0.05, 0) is 24.1 Å². The maximum atomic E-state index is 11.8. The third-order valence-corrected chi connectivity index (χ3v) is 4.89. The number of benzene rings is 1. The second-order valence-corrected chi connectivity index (χ2v) is 6.58. The number of methoxy groups -OCH3 is 1. The lowest BCUT2D eigenvalue weighted by molar-refractivity contribution is 0.155. The quantitative estimate of drug-likeness (QED) is 0.823. The van der Waals surface area contributed by atoms with Crippen molar-refractivity contribution >= 4 is 10.0 Å². The Bertz CT molecular complexity index is 484. The maximum Gasteiger partial charge on any atom is 0.213 e. The smallest absolute Gasteiger partial charge is 0.213 e. The fourth-order valence-corrected chi connectivity index (χ4v) is 2.90. The van der Waals surface area contributed by atoms with Crippen LogP contribution in [0.5, 0.6) is 5.75 Å². The number of hydrogen-bond donors (Lipinski definition) is 1. The van der Waals surface area contributed by atoms with Crippen molar-refractivity contribution in [2.75, 3.05) is 26.5 Å². The van der Waals surface area contributed by atoms with Crippen LogP contribution < -0.4 is 4.74 Å². The molecule has 5 nitrogen and oxygen atoms in total. The van der Waals surface area contributed by atoms with Crippen molar-refractivity contribution in [3.05, 3.63) is 29.8 Å². The summed E-state index contributed by atoms with van der Waals surface area (Å²) in [4.78, 5) is 0. The molecule has 0 aliphatic carbocycles. The first-order valence-electron chi connectivity index (χ1n) is 6.16. The van der Waals surface area contributed by atoms with E-state index in [1.807, 2.05) is 6.92 Å². The molecule has 0 fully saturated rings. The van der Waals surface area contributed by atoms with Gasteiger partial charge < -0.3 is 9.84 Å². The van der Waals surface area contributed by atoms with Crippen LogP contribution in [0, 0.1) is 0 Å². The molecular weight excluding hydrogens is 266 g/mol. The van der Waals surface area contributed by atoms with Gasteiger partial charge in [0.05, 0.1) is 19.0 Å². The molecule has 0 saturated carbocycles. The zero-order valence-electron chi connectivity index (χ0n) is 11.5. The lowest BCUT2D eigenvalue weighted by atomic mass is 10.1. The van der Waals surface area contributed by atoms with E-state index in [4.69, 9.17) is 4.74 Å². The Morgan fingerprint density at radius 3 is 2.37 bits per heavy atom. The molecular formula is C13H21NO4S. The van der Waals surface area contributed by atoms with Gasteiger partial charge in [0.1, 0.15) is 5.75 Å². The number of sulfonamides is 1. The van der Waals surface area contributed by atoms with E-state index in [9.17, 15) is 13.5 Å². The number of likely N-dealkylation sites (N-methyl/N-ethyl adjacent to an activating group) is 1. The van der Waals surface area contributed by atoms with Crippen LogP contribution in [0.1, 0.15) is 25.0 Å². The summed E-state index contributed by atoms with van der Waals surface area (Å²) in [5.41, 5.74) is 0.666. The SMILES string of the molecule is CCCS(=O)(=O)N(C)CC(O)c1ccc(OC)cc1. The first-order chi connectivity index (χ1) is 8.90. The highest BCUT2D eigenvalue weighted by Gasteiger charge is 2.20. The summed E-state index contributed by atoms with van der Waals surface area (Å²) in [6, 6.07) is 6.92. The van der Waals surface area contributed by atoms with Crippen LogP contribution in [0.2, 0.25) is 0 Å². The van der Waals surface area contributed by atoms with E-state index in [1.165, 1.54) is 11.4 Å². The summed E-state index contributed by atoms with van der Waals surface area (Å²) in [7, 11) is -0.228. The number of aliphatic hydroxyl groups excluding tert-OH is 1. The molecule has 1 aromatic rings. The Labute approximate surface area is 114 Å². The minimum Gasteiger partial charge on any atom is -0.497 e. The summed E-state index contributed by atoms with van der Waals surface area (Å²) in [6.45, 7) is 1.86. The molecule has 0 saturated heterocycles. The maximum absolute atomic E-state index is 11.8. The largest absolute Gasteiger partial charge is 0.497 e.